The zero-order chi connectivity index (χ0) is 21.5. The predicted molar refractivity (Wildman–Crippen MR) is 106 cm³/mol. The number of amides is 1. The lowest BCUT2D eigenvalue weighted by Crippen LogP contribution is -2.65. The Hall–Kier alpha value is -2.78. The third kappa shape index (κ3) is 5.43. The molecule has 1 fully saturated rings. The number of nitrogens with one attached hydrogen (secondary N) is 1. The molecule has 2 aromatic rings. The van der Waals surface area contributed by atoms with E-state index < -0.39 is 49.1 Å². The maximum absolute atomic E-state index is 12.6. The van der Waals surface area contributed by atoms with Crippen molar-refractivity contribution in [3.63, 3.8) is 0 Å². The molecule has 0 spiro atoms. The Kier molecular flexibility index (Phi) is 7.53. The van der Waals surface area contributed by atoms with Crippen LogP contribution < -0.4 is 5.32 Å². The fraction of sp³-hybridized carbons (Fsp3) is 0.364. The molecular weight excluding hydrogens is 390 g/mol. The lowest BCUT2D eigenvalue weighted by molar-refractivity contribution is -0.273. The summed E-state index contributed by atoms with van der Waals surface area (Å²) in [4.78, 5) is 24.4. The van der Waals surface area contributed by atoms with Crippen molar-refractivity contribution in [3.05, 3.63) is 71.8 Å². The normalized spacial score (nSPS) is 26.0. The van der Waals surface area contributed by atoms with E-state index in [1.807, 2.05) is 30.3 Å². The summed E-state index contributed by atoms with van der Waals surface area (Å²) >= 11 is 0. The Morgan fingerprint density at radius 2 is 1.70 bits per heavy atom. The average Bonchev–Trinajstić information content (AvgIpc) is 2.76. The lowest BCUT2D eigenvalue weighted by Gasteiger charge is -2.43. The van der Waals surface area contributed by atoms with E-state index in [2.05, 4.69) is 5.32 Å². The molecule has 1 amide bonds. The minimum absolute atomic E-state index is 0.162. The topological polar surface area (TPSA) is 114 Å². The first kappa shape index (κ1) is 21.9. The Morgan fingerprint density at radius 3 is 2.30 bits per heavy atom. The molecule has 5 atom stereocenters. The van der Waals surface area contributed by atoms with Crippen LogP contribution in [0.5, 0.6) is 0 Å². The van der Waals surface area contributed by atoms with Gasteiger partial charge in [-0.3, -0.25) is 4.79 Å². The SMILES string of the molecule is CC(=O)N[C@@H]1[C@H](OCc2ccccc2)OC(CO)[C@H](O)[C@H]1OC(=O)c1ccccc1. The molecule has 160 valence electrons. The monoisotopic (exact) mass is 415 g/mol. The largest absolute Gasteiger partial charge is 0.453 e. The molecule has 1 heterocycles. The van der Waals surface area contributed by atoms with E-state index in [1.54, 1.807) is 30.3 Å². The van der Waals surface area contributed by atoms with Gasteiger partial charge in [0.1, 0.15) is 18.2 Å². The van der Waals surface area contributed by atoms with E-state index >= 15 is 0 Å². The van der Waals surface area contributed by atoms with Gasteiger partial charge >= 0.3 is 5.97 Å². The van der Waals surface area contributed by atoms with Crippen LogP contribution >= 0.6 is 0 Å². The van der Waals surface area contributed by atoms with Crippen molar-refractivity contribution in [3.8, 4) is 0 Å². The molecule has 3 rings (SSSR count). The van der Waals surface area contributed by atoms with Crippen LogP contribution in [0.1, 0.15) is 22.8 Å². The van der Waals surface area contributed by atoms with Gasteiger partial charge < -0.3 is 29.7 Å². The van der Waals surface area contributed by atoms with Crippen molar-refractivity contribution in [2.75, 3.05) is 6.61 Å². The molecule has 0 aliphatic carbocycles. The highest BCUT2D eigenvalue weighted by Gasteiger charge is 2.48. The van der Waals surface area contributed by atoms with E-state index in [0.717, 1.165) is 5.56 Å². The maximum Gasteiger partial charge on any atom is 0.338 e. The Labute approximate surface area is 174 Å². The van der Waals surface area contributed by atoms with Crippen molar-refractivity contribution in [1.29, 1.82) is 0 Å². The first-order valence-corrected chi connectivity index (χ1v) is 9.62. The zero-order valence-corrected chi connectivity index (χ0v) is 16.5. The molecule has 1 aliphatic heterocycles. The summed E-state index contributed by atoms with van der Waals surface area (Å²) in [6, 6.07) is 16.6. The van der Waals surface area contributed by atoms with E-state index in [-0.39, 0.29) is 6.61 Å². The minimum atomic E-state index is -1.36. The third-order valence-corrected chi connectivity index (χ3v) is 4.73. The number of ether oxygens (including phenoxy) is 3. The maximum atomic E-state index is 12.6. The minimum Gasteiger partial charge on any atom is -0.453 e. The number of hydrogen-bond acceptors (Lipinski definition) is 7. The van der Waals surface area contributed by atoms with Crippen molar-refractivity contribution < 1.29 is 34.0 Å². The summed E-state index contributed by atoms with van der Waals surface area (Å²) < 4.78 is 17.0. The van der Waals surface area contributed by atoms with E-state index in [9.17, 15) is 19.8 Å². The zero-order valence-electron chi connectivity index (χ0n) is 16.5. The van der Waals surface area contributed by atoms with Gasteiger partial charge in [-0.25, -0.2) is 4.79 Å². The van der Waals surface area contributed by atoms with Gasteiger partial charge in [-0.2, -0.15) is 0 Å². The number of carbonyl (C=O) groups excluding carboxylic acids is 2. The fourth-order valence-electron chi connectivity index (χ4n) is 3.26. The molecule has 1 saturated heterocycles. The Balaban J connectivity index is 1.82. The van der Waals surface area contributed by atoms with Crippen molar-refractivity contribution in [1.82, 2.24) is 5.32 Å². The van der Waals surface area contributed by atoms with Crippen LogP contribution in [0.25, 0.3) is 0 Å². The van der Waals surface area contributed by atoms with Gasteiger partial charge in [0.25, 0.3) is 0 Å². The summed E-state index contributed by atoms with van der Waals surface area (Å²) in [6.07, 6.45) is -4.66. The van der Waals surface area contributed by atoms with Gasteiger partial charge in [0.15, 0.2) is 12.4 Å². The molecular formula is C22H25NO7. The third-order valence-electron chi connectivity index (χ3n) is 4.73. The first-order chi connectivity index (χ1) is 14.5. The second-order valence-corrected chi connectivity index (χ2v) is 6.97. The number of aliphatic hydroxyl groups excluding tert-OH is 2. The number of benzene rings is 2. The predicted octanol–water partition coefficient (Wildman–Crippen LogP) is 1.01. The van der Waals surface area contributed by atoms with Crippen LogP contribution in [-0.2, 0) is 25.6 Å². The summed E-state index contributed by atoms with van der Waals surface area (Å²) in [6.45, 7) is 0.947. The van der Waals surface area contributed by atoms with Gasteiger partial charge in [-0.1, -0.05) is 48.5 Å². The molecule has 2 aromatic carbocycles. The van der Waals surface area contributed by atoms with E-state index in [4.69, 9.17) is 14.2 Å². The van der Waals surface area contributed by atoms with Crippen LogP contribution in [0.2, 0.25) is 0 Å². The molecule has 3 N–H and O–H groups in total. The van der Waals surface area contributed by atoms with Crippen LogP contribution in [0.15, 0.2) is 60.7 Å². The van der Waals surface area contributed by atoms with E-state index in [1.165, 1.54) is 6.92 Å². The van der Waals surface area contributed by atoms with Crippen molar-refractivity contribution in [2.24, 2.45) is 0 Å². The highest BCUT2D eigenvalue weighted by Crippen LogP contribution is 2.26. The number of esters is 1. The summed E-state index contributed by atoms with van der Waals surface area (Å²) in [7, 11) is 0. The van der Waals surface area contributed by atoms with Gasteiger partial charge in [-0.15, -0.1) is 0 Å². The molecule has 0 bridgehead atoms. The van der Waals surface area contributed by atoms with Gasteiger partial charge in [0.05, 0.1) is 18.8 Å². The molecule has 8 nitrogen and oxygen atoms in total. The van der Waals surface area contributed by atoms with E-state index in [0.29, 0.717) is 5.56 Å². The smallest absolute Gasteiger partial charge is 0.338 e. The molecule has 0 saturated carbocycles. The standard InChI is InChI=1S/C22H25NO7/c1-14(25)23-18-20(30-21(27)16-10-6-3-7-11-16)19(26)17(12-24)29-22(18)28-13-15-8-4-2-5-9-15/h2-11,17-20,22,24,26H,12-13H2,1H3,(H,23,25)/t17?,18-,19-,20-,22+/m0/s1. The number of rotatable bonds is 7. The molecule has 30 heavy (non-hydrogen) atoms. The van der Waals surface area contributed by atoms with Gasteiger partial charge in [0.2, 0.25) is 5.91 Å². The summed E-state index contributed by atoms with van der Waals surface area (Å²) in [5, 5.41) is 22.9. The Bertz CT molecular complexity index is 830. The quantitative estimate of drug-likeness (QED) is 0.578. The fourth-order valence-corrected chi connectivity index (χ4v) is 3.26. The van der Waals surface area contributed by atoms with Crippen molar-refractivity contribution in [2.45, 2.75) is 44.2 Å². The molecule has 0 aromatic heterocycles. The van der Waals surface area contributed by atoms with Crippen molar-refractivity contribution >= 4 is 11.9 Å². The molecule has 0 radical (unpaired) electrons. The highest BCUT2D eigenvalue weighted by atomic mass is 16.7. The van der Waals surface area contributed by atoms with Crippen LogP contribution in [0, 0.1) is 0 Å². The average molecular weight is 415 g/mol. The number of aliphatic hydroxyl groups is 2. The van der Waals surface area contributed by atoms with Crippen LogP contribution in [0.4, 0.5) is 0 Å². The van der Waals surface area contributed by atoms with Gasteiger partial charge in [-0.05, 0) is 17.7 Å². The summed E-state index contributed by atoms with van der Waals surface area (Å²) in [5.74, 6) is -1.08. The summed E-state index contributed by atoms with van der Waals surface area (Å²) in [5.41, 5.74) is 1.16. The van der Waals surface area contributed by atoms with Gasteiger partial charge in [0, 0.05) is 6.92 Å². The molecule has 1 unspecified atom stereocenters. The second-order valence-electron chi connectivity index (χ2n) is 6.97. The number of carbonyl (C=O) groups is 2. The van der Waals surface area contributed by atoms with Crippen LogP contribution in [-0.4, -0.2) is 59.3 Å². The molecule has 1 aliphatic rings. The first-order valence-electron chi connectivity index (χ1n) is 9.62. The second kappa shape index (κ2) is 10.3. The lowest BCUT2D eigenvalue weighted by atomic mass is 9.96. The Morgan fingerprint density at radius 1 is 1.07 bits per heavy atom. The number of hydrogen-bond donors (Lipinski definition) is 3. The highest BCUT2D eigenvalue weighted by molar-refractivity contribution is 5.89. The van der Waals surface area contributed by atoms with Crippen LogP contribution in [0.3, 0.4) is 0 Å². The molecule has 8 heteroatoms.